The van der Waals surface area contributed by atoms with Gasteiger partial charge in [0.2, 0.25) is 11.8 Å². The van der Waals surface area contributed by atoms with E-state index in [0.29, 0.717) is 25.3 Å². The first-order valence-electron chi connectivity index (χ1n) is 8.62. The van der Waals surface area contributed by atoms with Crippen LogP contribution in [0, 0.1) is 12.3 Å². The maximum atomic E-state index is 12.8. The highest BCUT2D eigenvalue weighted by Crippen LogP contribution is 2.47. The van der Waals surface area contributed by atoms with Crippen LogP contribution in [-0.4, -0.2) is 43.9 Å². The number of amides is 2. The van der Waals surface area contributed by atoms with Crippen molar-refractivity contribution >= 4 is 17.5 Å². The molecule has 0 radical (unpaired) electrons. The third kappa shape index (κ3) is 3.96. The summed E-state index contributed by atoms with van der Waals surface area (Å²) in [7, 11) is 3.91. The molecule has 24 heavy (non-hydrogen) atoms. The maximum Gasteiger partial charge on any atom is 0.240 e. The largest absolute Gasteiger partial charge is 0.354 e. The first kappa shape index (κ1) is 18.5. The number of nitrogens with zero attached hydrogens (tertiary/aromatic N) is 1. The van der Waals surface area contributed by atoms with Crippen molar-refractivity contribution in [3.05, 3.63) is 29.3 Å². The Morgan fingerprint density at radius 1 is 1.21 bits per heavy atom. The first-order chi connectivity index (χ1) is 11.3. The maximum absolute atomic E-state index is 12.8. The number of nitrogens with one attached hydrogen (secondary N) is 2. The number of carbonyl (C=O) groups is 2. The molecule has 1 fully saturated rings. The van der Waals surface area contributed by atoms with E-state index in [-0.39, 0.29) is 11.8 Å². The third-order valence-electron chi connectivity index (χ3n) is 4.63. The summed E-state index contributed by atoms with van der Waals surface area (Å²) in [6.07, 6.45) is 1.24. The van der Waals surface area contributed by atoms with Crippen LogP contribution in [0.5, 0.6) is 0 Å². The monoisotopic (exact) mass is 331 g/mol. The van der Waals surface area contributed by atoms with Gasteiger partial charge in [-0.05, 0) is 50.9 Å². The molecule has 5 nitrogen and oxygen atoms in total. The van der Waals surface area contributed by atoms with E-state index in [4.69, 9.17) is 0 Å². The number of rotatable bonds is 7. The van der Waals surface area contributed by atoms with Gasteiger partial charge >= 0.3 is 0 Å². The molecule has 0 aliphatic heterocycles. The van der Waals surface area contributed by atoms with Gasteiger partial charge in [-0.25, -0.2) is 0 Å². The number of carbonyl (C=O) groups excluding carboxylic acids is 2. The Balaban J connectivity index is 2.09. The standard InChI is InChI=1S/C19H29N3O2/c1-13(2)15-8-6-7-14(3)16(15)21-18(24)19(9-10-19)17(23)20-11-12-22(4)5/h6-8,13H,9-12H2,1-5H3,(H,20,23)(H,21,24). The smallest absolute Gasteiger partial charge is 0.240 e. The van der Waals surface area contributed by atoms with Gasteiger partial charge < -0.3 is 15.5 Å². The molecule has 2 amide bonds. The van der Waals surface area contributed by atoms with E-state index < -0.39 is 5.41 Å². The van der Waals surface area contributed by atoms with Crippen LogP contribution < -0.4 is 10.6 Å². The van der Waals surface area contributed by atoms with Crippen LogP contribution >= 0.6 is 0 Å². The van der Waals surface area contributed by atoms with Gasteiger partial charge in [-0.15, -0.1) is 0 Å². The zero-order chi connectivity index (χ0) is 17.9. The molecule has 1 aromatic rings. The van der Waals surface area contributed by atoms with E-state index in [1.165, 1.54) is 0 Å². The molecule has 1 aliphatic carbocycles. The lowest BCUT2D eigenvalue weighted by molar-refractivity contribution is -0.134. The molecule has 0 spiro atoms. The molecule has 0 aromatic heterocycles. The zero-order valence-electron chi connectivity index (χ0n) is 15.4. The van der Waals surface area contributed by atoms with Crippen LogP contribution in [0.2, 0.25) is 0 Å². The van der Waals surface area contributed by atoms with E-state index >= 15 is 0 Å². The molecule has 132 valence electrons. The van der Waals surface area contributed by atoms with Crippen molar-refractivity contribution in [1.29, 1.82) is 0 Å². The number of benzene rings is 1. The van der Waals surface area contributed by atoms with Crippen LogP contribution in [-0.2, 0) is 9.59 Å². The van der Waals surface area contributed by atoms with E-state index in [2.05, 4.69) is 24.5 Å². The van der Waals surface area contributed by atoms with Crippen LogP contribution in [0.4, 0.5) is 5.69 Å². The second-order valence-electron chi connectivity index (χ2n) is 7.29. The van der Waals surface area contributed by atoms with Crippen molar-refractivity contribution in [3.8, 4) is 0 Å². The summed E-state index contributed by atoms with van der Waals surface area (Å²) in [5.41, 5.74) is 2.10. The highest BCUT2D eigenvalue weighted by Gasteiger charge is 2.56. The van der Waals surface area contributed by atoms with Gasteiger partial charge in [0, 0.05) is 18.8 Å². The Morgan fingerprint density at radius 3 is 2.42 bits per heavy atom. The van der Waals surface area contributed by atoms with Crippen LogP contribution in [0.15, 0.2) is 18.2 Å². The minimum Gasteiger partial charge on any atom is -0.354 e. The number of anilines is 1. The van der Waals surface area contributed by atoms with E-state index in [1.54, 1.807) is 0 Å². The molecule has 1 saturated carbocycles. The van der Waals surface area contributed by atoms with Gasteiger partial charge in [-0.2, -0.15) is 0 Å². The summed E-state index contributed by atoms with van der Waals surface area (Å²) < 4.78 is 0. The van der Waals surface area contributed by atoms with Gasteiger partial charge in [-0.1, -0.05) is 32.0 Å². The molecule has 5 heteroatoms. The summed E-state index contributed by atoms with van der Waals surface area (Å²) in [5, 5.41) is 5.93. The third-order valence-corrected chi connectivity index (χ3v) is 4.63. The molecular weight excluding hydrogens is 302 g/mol. The fourth-order valence-corrected chi connectivity index (χ4v) is 2.82. The summed E-state index contributed by atoms with van der Waals surface area (Å²) in [4.78, 5) is 27.2. The summed E-state index contributed by atoms with van der Waals surface area (Å²) >= 11 is 0. The molecular formula is C19H29N3O2. The lowest BCUT2D eigenvalue weighted by Gasteiger charge is -2.20. The summed E-state index contributed by atoms with van der Waals surface area (Å²) in [6.45, 7) is 7.51. The lowest BCUT2D eigenvalue weighted by atomic mass is 9.97. The molecule has 1 aliphatic rings. The van der Waals surface area contributed by atoms with Crippen molar-refractivity contribution in [2.24, 2.45) is 5.41 Å². The Bertz CT molecular complexity index is 619. The summed E-state index contributed by atoms with van der Waals surface area (Å²) in [6, 6.07) is 6.02. The van der Waals surface area contributed by atoms with Crippen LogP contribution in [0.3, 0.4) is 0 Å². The van der Waals surface area contributed by atoms with E-state index in [9.17, 15) is 9.59 Å². The van der Waals surface area contributed by atoms with Gasteiger partial charge in [-0.3, -0.25) is 9.59 Å². The topological polar surface area (TPSA) is 61.4 Å². The van der Waals surface area contributed by atoms with E-state index in [0.717, 1.165) is 23.4 Å². The van der Waals surface area contributed by atoms with Crippen molar-refractivity contribution in [2.45, 2.75) is 39.5 Å². The average molecular weight is 331 g/mol. The highest BCUT2D eigenvalue weighted by molar-refractivity contribution is 6.13. The number of hydrogen-bond acceptors (Lipinski definition) is 3. The Hall–Kier alpha value is -1.88. The number of aryl methyl sites for hydroxylation is 1. The lowest BCUT2D eigenvalue weighted by Crippen LogP contribution is -2.42. The number of hydrogen-bond donors (Lipinski definition) is 2. The molecule has 0 unspecified atom stereocenters. The molecule has 2 N–H and O–H groups in total. The van der Waals surface area contributed by atoms with Gasteiger partial charge in [0.25, 0.3) is 0 Å². The number of para-hydroxylation sites is 1. The molecule has 0 atom stereocenters. The second kappa shape index (κ2) is 7.34. The first-order valence-corrected chi connectivity index (χ1v) is 8.62. The van der Waals surface area contributed by atoms with Crippen molar-refractivity contribution in [3.63, 3.8) is 0 Å². The predicted molar refractivity (Wildman–Crippen MR) is 97.1 cm³/mol. The Morgan fingerprint density at radius 2 is 1.88 bits per heavy atom. The van der Waals surface area contributed by atoms with Gasteiger partial charge in [0.05, 0.1) is 0 Å². The molecule has 0 heterocycles. The molecule has 0 bridgehead atoms. The van der Waals surface area contributed by atoms with Crippen LogP contribution in [0.25, 0.3) is 0 Å². The second-order valence-corrected chi connectivity index (χ2v) is 7.29. The molecule has 1 aromatic carbocycles. The van der Waals surface area contributed by atoms with E-state index in [1.807, 2.05) is 44.1 Å². The predicted octanol–water partition coefficient (Wildman–Crippen LogP) is 2.51. The van der Waals surface area contributed by atoms with Crippen LogP contribution in [0.1, 0.15) is 43.7 Å². The van der Waals surface area contributed by atoms with Crippen molar-refractivity contribution < 1.29 is 9.59 Å². The average Bonchev–Trinajstić information content (AvgIpc) is 3.30. The van der Waals surface area contributed by atoms with Gasteiger partial charge in [0.1, 0.15) is 5.41 Å². The normalized spacial score (nSPS) is 15.5. The van der Waals surface area contributed by atoms with Gasteiger partial charge in [0.15, 0.2) is 0 Å². The molecule has 0 saturated heterocycles. The quantitative estimate of drug-likeness (QED) is 0.755. The fourth-order valence-electron chi connectivity index (χ4n) is 2.82. The number of likely N-dealkylation sites (N-methyl/N-ethyl adjacent to an activating group) is 1. The highest BCUT2D eigenvalue weighted by atomic mass is 16.2. The van der Waals surface area contributed by atoms with Crippen molar-refractivity contribution in [1.82, 2.24) is 10.2 Å². The SMILES string of the molecule is Cc1cccc(C(C)C)c1NC(=O)C1(C(=O)NCCN(C)C)CC1. The molecule has 2 rings (SSSR count). The zero-order valence-corrected chi connectivity index (χ0v) is 15.4. The Kier molecular flexibility index (Phi) is 5.65. The fraction of sp³-hybridized carbons (Fsp3) is 0.579. The summed E-state index contributed by atoms with van der Waals surface area (Å²) in [5.74, 6) is -0.0214. The minimum absolute atomic E-state index is 0.151. The minimum atomic E-state index is -0.886. The van der Waals surface area contributed by atoms with Crippen molar-refractivity contribution in [2.75, 3.05) is 32.5 Å². The Labute approximate surface area is 144 Å².